The minimum Gasteiger partial charge on any atom is -0.465 e. The van der Waals surface area contributed by atoms with Gasteiger partial charge < -0.3 is 10.1 Å². The molecule has 140 valence electrons. The molecule has 8 nitrogen and oxygen atoms in total. The van der Waals surface area contributed by atoms with E-state index in [1.165, 1.54) is 31.4 Å². The first kappa shape index (κ1) is 20.1. The average Bonchev–Trinajstić information content (AvgIpc) is 2.67. The van der Waals surface area contributed by atoms with Gasteiger partial charge >= 0.3 is 5.97 Å². The number of rotatable bonds is 6. The van der Waals surface area contributed by atoms with E-state index in [4.69, 9.17) is 5.26 Å². The molecule has 1 amide bonds. The van der Waals surface area contributed by atoms with E-state index in [1.807, 2.05) is 0 Å². The molecule has 0 heterocycles. The third-order valence-corrected chi connectivity index (χ3v) is 5.11. The van der Waals surface area contributed by atoms with Gasteiger partial charge in [-0.3, -0.25) is 4.79 Å². The molecule has 0 radical (unpaired) electrons. The van der Waals surface area contributed by atoms with Gasteiger partial charge in [-0.05, 0) is 36.8 Å². The fraction of sp³-hybridized carbons (Fsp3) is 0.167. The lowest BCUT2D eigenvalue weighted by Gasteiger charge is -2.11. The quantitative estimate of drug-likeness (QED) is 0.725. The van der Waals surface area contributed by atoms with Crippen molar-refractivity contribution in [1.29, 1.82) is 5.26 Å². The molecule has 0 saturated heterocycles. The van der Waals surface area contributed by atoms with Gasteiger partial charge in [0, 0.05) is 5.69 Å². The number of nitriles is 1. The van der Waals surface area contributed by atoms with Gasteiger partial charge in [0.25, 0.3) is 0 Å². The third kappa shape index (κ3) is 4.91. The second kappa shape index (κ2) is 8.44. The summed E-state index contributed by atoms with van der Waals surface area (Å²) in [6.45, 7) is 1.19. The van der Waals surface area contributed by atoms with Gasteiger partial charge in [-0.15, -0.1) is 0 Å². The van der Waals surface area contributed by atoms with E-state index < -0.39 is 28.4 Å². The summed E-state index contributed by atoms with van der Waals surface area (Å²) in [5.74, 6) is -1.18. The van der Waals surface area contributed by atoms with Crippen LogP contribution in [0.2, 0.25) is 0 Å². The molecule has 0 atom stereocenters. The largest absolute Gasteiger partial charge is 0.465 e. The number of carbonyl (C=O) groups is 2. The molecule has 0 spiro atoms. The Kier molecular flexibility index (Phi) is 6.28. The first-order chi connectivity index (χ1) is 12.8. The summed E-state index contributed by atoms with van der Waals surface area (Å²) >= 11 is 0. The number of aryl methyl sites for hydroxylation is 1. The summed E-state index contributed by atoms with van der Waals surface area (Å²) in [6, 6.07) is 12.1. The van der Waals surface area contributed by atoms with E-state index in [-0.39, 0.29) is 16.0 Å². The second-order valence-corrected chi connectivity index (χ2v) is 7.24. The van der Waals surface area contributed by atoms with Crippen molar-refractivity contribution in [3.05, 3.63) is 59.2 Å². The summed E-state index contributed by atoms with van der Waals surface area (Å²) in [5, 5.41) is 11.6. The van der Waals surface area contributed by atoms with Crippen molar-refractivity contribution < 1.29 is 22.7 Å². The Labute approximate surface area is 156 Å². The molecule has 2 aromatic rings. The van der Waals surface area contributed by atoms with Crippen LogP contribution in [0.4, 0.5) is 5.69 Å². The molecule has 0 aromatic heterocycles. The first-order valence-electron chi connectivity index (χ1n) is 7.76. The van der Waals surface area contributed by atoms with Crippen molar-refractivity contribution in [2.45, 2.75) is 11.8 Å². The van der Waals surface area contributed by atoms with E-state index in [9.17, 15) is 18.0 Å². The molecule has 9 heteroatoms. The lowest BCUT2D eigenvalue weighted by Crippen LogP contribution is -2.33. The summed E-state index contributed by atoms with van der Waals surface area (Å²) < 4.78 is 31.4. The Morgan fingerprint density at radius 3 is 2.56 bits per heavy atom. The number of benzene rings is 2. The Morgan fingerprint density at radius 2 is 1.89 bits per heavy atom. The van der Waals surface area contributed by atoms with Crippen molar-refractivity contribution >= 4 is 27.6 Å². The number of amides is 1. The number of nitrogens with zero attached hydrogens (tertiary/aromatic N) is 1. The zero-order valence-corrected chi connectivity index (χ0v) is 15.5. The molecule has 0 aliphatic heterocycles. The second-order valence-electron chi connectivity index (χ2n) is 5.50. The van der Waals surface area contributed by atoms with Crippen LogP contribution in [0.1, 0.15) is 21.5 Å². The number of sulfonamides is 1. The van der Waals surface area contributed by atoms with Crippen molar-refractivity contribution in [3.8, 4) is 6.07 Å². The van der Waals surface area contributed by atoms with Crippen molar-refractivity contribution in [3.63, 3.8) is 0 Å². The number of nitrogens with one attached hydrogen (secondary N) is 2. The Hall–Kier alpha value is -3.22. The molecule has 0 aliphatic carbocycles. The zero-order valence-electron chi connectivity index (χ0n) is 14.6. The third-order valence-electron chi connectivity index (χ3n) is 3.65. The van der Waals surface area contributed by atoms with Gasteiger partial charge in [0.2, 0.25) is 15.9 Å². The van der Waals surface area contributed by atoms with E-state index in [2.05, 4.69) is 14.8 Å². The van der Waals surface area contributed by atoms with Gasteiger partial charge in [0.15, 0.2) is 0 Å². The topological polar surface area (TPSA) is 125 Å². The highest BCUT2D eigenvalue weighted by molar-refractivity contribution is 7.89. The molecular weight excluding hydrogens is 370 g/mol. The maximum Gasteiger partial charge on any atom is 0.337 e. The summed E-state index contributed by atoms with van der Waals surface area (Å²) in [6.07, 6.45) is 0. The number of hydrogen-bond acceptors (Lipinski definition) is 6. The SMILES string of the molecule is COC(=O)c1ccc(C)c(NC(=O)CNS(=O)(=O)c2ccccc2C#N)c1. The lowest BCUT2D eigenvalue weighted by atomic mass is 10.1. The van der Waals surface area contributed by atoms with E-state index >= 15 is 0 Å². The number of methoxy groups -OCH3 is 1. The number of ether oxygens (including phenoxy) is 1. The molecule has 0 fully saturated rings. The molecule has 2 N–H and O–H groups in total. The van der Waals surface area contributed by atoms with Crippen LogP contribution in [0.3, 0.4) is 0 Å². The zero-order chi connectivity index (χ0) is 20.0. The molecule has 0 bridgehead atoms. The highest BCUT2D eigenvalue weighted by atomic mass is 32.2. The van der Waals surface area contributed by atoms with E-state index in [0.717, 1.165) is 0 Å². The Bertz CT molecular complexity index is 1030. The molecule has 2 aromatic carbocycles. The maximum atomic E-state index is 12.3. The van der Waals surface area contributed by atoms with Crippen LogP contribution >= 0.6 is 0 Å². The van der Waals surface area contributed by atoms with Crippen LogP contribution in [0.5, 0.6) is 0 Å². The van der Waals surface area contributed by atoms with Gasteiger partial charge in [0.1, 0.15) is 6.07 Å². The predicted molar refractivity (Wildman–Crippen MR) is 97.5 cm³/mol. The highest BCUT2D eigenvalue weighted by Crippen LogP contribution is 2.18. The highest BCUT2D eigenvalue weighted by Gasteiger charge is 2.19. The first-order valence-corrected chi connectivity index (χ1v) is 9.24. The Morgan fingerprint density at radius 1 is 1.19 bits per heavy atom. The van der Waals surface area contributed by atoms with Crippen molar-refractivity contribution in [2.24, 2.45) is 0 Å². The van der Waals surface area contributed by atoms with Crippen molar-refractivity contribution in [1.82, 2.24) is 4.72 Å². The summed E-state index contributed by atoms with van der Waals surface area (Å²) in [5.41, 5.74) is 1.28. The van der Waals surface area contributed by atoms with E-state index in [0.29, 0.717) is 11.3 Å². The van der Waals surface area contributed by atoms with Crippen LogP contribution in [-0.4, -0.2) is 33.9 Å². The van der Waals surface area contributed by atoms with Crippen LogP contribution in [0.25, 0.3) is 0 Å². The van der Waals surface area contributed by atoms with Crippen molar-refractivity contribution in [2.75, 3.05) is 19.0 Å². The summed E-state index contributed by atoms with van der Waals surface area (Å²) in [7, 11) is -2.79. The normalized spacial score (nSPS) is 10.7. The molecule has 0 aliphatic rings. The van der Waals surface area contributed by atoms with Gasteiger partial charge in [-0.2, -0.15) is 5.26 Å². The molecular formula is C18H17N3O5S. The number of carbonyl (C=O) groups excluding carboxylic acids is 2. The number of esters is 1. The van der Waals surface area contributed by atoms with Crippen LogP contribution in [0.15, 0.2) is 47.4 Å². The van der Waals surface area contributed by atoms with Crippen LogP contribution in [0, 0.1) is 18.3 Å². The summed E-state index contributed by atoms with van der Waals surface area (Å²) in [4.78, 5) is 23.5. The van der Waals surface area contributed by atoms with Gasteiger partial charge in [-0.25, -0.2) is 17.9 Å². The number of anilines is 1. The fourth-order valence-electron chi connectivity index (χ4n) is 2.23. The minimum atomic E-state index is -4.03. The Balaban J connectivity index is 2.11. The van der Waals surface area contributed by atoms with Crippen LogP contribution in [-0.2, 0) is 19.6 Å². The minimum absolute atomic E-state index is 0.0213. The van der Waals surface area contributed by atoms with Crippen LogP contribution < -0.4 is 10.0 Å². The average molecular weight is 387 g/mol. The molecule has 0 saturated carbocycles. The molecule has 2 rings (SSSR count). The van der Waals surface area contributed by atoms with Gasteiger partial charge in [0.05, 0.1) is 29.7 Å². The molecule has 0 unspecified atom stereocenters. The maximum absolute atomic E-state index is 12.3. The monoisotopic (exact) mass is 387 g/mol. The lowest BCUT2D eigenvalue weighted by molar-refractivity contribution is -0.115. The molecule has 27 heavy (non-hydrogen) atoms. The standard InChI is InChI=1S/C18H17N3O5S/c1-12-7-8-13(18(23)26-2)9-15(12)21-17(22)11-20-27(24,25)16-6-4-3-5-14(16)10-19/h3-9,20H,11H2,1-2H3,(H,21,22). The van der Waals surface area contributed by atoms with E-state index in [1.54, 1.807) is 31.2 Å². The fourth-order valence-corrected chi connectivity index (χ4v) is 3.37. The number of hydrogen-bond donors (Lipinski definition) is 2. The smallest absolute Gasteiger partial charge is 0.337 e. The van der Waals surface area contributed by atoms with Gasteiger partial charge in [-0.1, -0.05) is 18.2 Å². The predicted octanol–water partition coefficient (Wildman–Crippen LogP) is 1.57.